The summed E-state index contributed by atoms with van der Waals surface area (Å²) in [4.78, 5) is 14.5. The molecule has 18 heavy (non-hydrogen) atoms. The van der Waals surface area contributed by atoms with Crippen molar-refractivity contribution < 1.29 is 14.3 Å². The van der Waals surface area contributed by atoms with E-state index in [4.69, 9.17) is 9.53 Å². The summed E-state index contributed by atoms with van der Waals surface area (Å²) in [6.07, 6.45) is 1.95. The minimum atomic E-state index is -1.92. The van der Waals surface area contributed by atoms with E-state index >= 15 is 0 Å². The van der Waals surface area contributed by atoms with Crippen molar-refractivity contribution in [3.63, 3.8) is 0 Å². The molecule has 0 aliphatic heterocycles. The zero-order valence-corrected chi connectivity index (χ0v) is 12.4. The third-order valence-corrected chi connectivity index (χ3v) is 7.50. The Balaban J connectivity index is 2.89. The van der Waals surface area contributed by atoms with Gasteiger partial charge in [-0.15, -0.1) is 0 Å². The monoisotopic (exact) mass is 268 g/mol. The molecule has 0 aliphatic rings. The number of pyridine rings is 1. The summed E-state index contributed by atoms with van der Waals surface area (Å²) in [5.74, 6) is 0.604. The number of hydrogen-bond acceptors (Lipinski definition) is 3. The van der Waals surface area contributed by atoms with E-state index < -0.39 is 14.4 Å². The van der Waals surface area contributed by atoms with E-state index in [1.165, 1.54) is 6.20 Å². The van der Waals surface area contributed by atoms with Crippen LogP contribution in [0.1, 0.15) is 20.8 Å². The second kappa shape index (κ2) is 4.97. The van der Waals surface area contributed by atoms with Gasteiger partial charge < -0.3 is 9.53 Å². The maximum Gasteiger partial charge on any atom is 0.409 e. The van der Waals surface area contributed by atoms with Crippen LogP contribution in [0.15, 0.2) is 18.5 Å². The largest absolute Gasteiger partial charge is 0.542 e. The van der Waals surface area contributed by atoms with E-state index in [1.54, 1.807) is 12.3 Å². The number of hydrogen-bond donors (Lipinski definition) is 2. The van der Waals surface area contributed by atoms with E-state index in [2.05, 4.69) is 44.2 Å². The Morgan fingerprint density at radius 3 is 2.50 bits per heavy atom. The van der Waals surface area contributed by atoms with Gasteiger partial charge in [-0.1, -0.05) is 20.8 Å². The average molecular weight is 268 g/mol. The Bertz CT molecular complexity index is 441. The highest BCUT2D eigenvalue weighted by molar-refractivity contribution is 6.74. The molecule has 1 aromatic heterocycles. The molecule has 0 radical (unpaired) electrons. The summed E-state index contributed by atoms with van der Waals surface area (Å²) in [6.45, 7) is 10.7. The Hall–Kier alpha value is -1.56. The number of carboxylic acid groups (broad SMARTS) is 1. The fourth-order valence-corrected chi connectivity index (χ4v) is 2.12. The lowest BCUT2D eigenvalue weighted by molar-refractivity contribution is 0.209. The molecule has 5 nitrogen and oxygen atoms in total. The van der Waals surface area contributed by atoms with Gasteiger partial charge in [0.1, 0.15) is 5.75 Å². The number of carbonyl (C=O) groups is 1. The van der Waals surface area contributed by atoms with Crippen LogP contribution in [0.2, 0.25) is 18.1 Å². The number of aromatic nitrogens is 1. The second-order valence-corrected chi connectivity index (χ2v) is 10.4. The molecule has 0 unspecified atom stereocenters. The first-order valence-corrected chi connectivity index (χ1v) is 8.67. The summed E-state index contributed by atoms with van der Waals surface area (Å²) in [5, 5.41) is 11.0. The highest BCUT2D eigenvalue weighted by Crippen LogP contribution is 2.37. The van der Waals surface area contributed by atoms with E-state index in [0.717, 1.165) is 0 Å². The van der Waals surface area contributed by atoms with Crippen LogP contribution in [0.4, 0.5) is 10.5 Å². The maximum atomic E-state index is 10.6. The number of nitrogens with one attached hydrogen (secondary N) is 1. The molecule has 0 bridgehead atoms. The fraction of sp³-hybridized carbons (Fsp3) is 0.500. The van der Waals surface area contributed by atoms with Crippen molar-refractivity contribution >= 4 is 20.1 Å². The molecule has 0 atom stereocenters. The van der Waals surface area contributed by atoms with Gasteiger partial charge in [0.2, 0.25) is 0 Å². The first-order chi connectivity index (χ1) is 8.12. The van der Waals surface area contributed by atoms with Crippen molar-refractivity contribution in [2.45, 2.75) is 38.9 Å². The normalized spacial score (nSPS) is 12.1. The van der Waals surface area contributed by atoms with Gasteiger partial charge in [-0.2, -0.15) is 0 Å². The van der Waals surface area contributed by atoms with Crippen LogP contribution >= 0.6 is 0 Å². The lowest BCUT2D eigenvalue weighted by atomic mass is 10.2. The van der Waals surface area contributed by atoms with Crippen molar-refractivity contribution in [1.29, 1.82) is 0 Å². The lowest BCUT2D eigenvalue weighted by Gasteiger charge is -2.36. The first-order valence-electron chi connectivity index (χ1n) is 5.76. The molecule has 1 rings (SSSR count). The van der Waals surface area contributed by atoms with Gasteiger partial charge in [-0.3, -0.25) is 10.3 Å². The Morgan fingerprint density at radius 1 is 1.39 bits per heavy atom. The van der Waals surface area contributed by atoms with Crippen LogP contribution in [0, 0.1) is 0 Å². The number of amides is 1. The van der Waals surface area contributed by atoms with Crippen LogP contribution in [-0.4, -0.2) is 24.5 Å². The van der Waals surface area contributed by atoms with Crippen molar-refractivity contribution in [2.75, 3.05) is 5.32 Å². The summed E-state index contributed by atoms with van der Waals surface area (Å²) in [7, 11) is -1.92. The fourth-order valence-electron chi connectivity index (χ4n) is 1.11. The van der Waals surface area contributed by atoms with Gasteiger partial charge in [0.25, 0.3) is 8.32 Å². The van der Waals surface area contributed by atoms with Crippen LogP contribution in [0.25, 0.3) is 0 Å². The Labute approximate surface area is 108 Å². The minimum Gasteiger partial charge on any atom is -0.542 e. The molecular formula is C12H20N2O3Si. The van der Waals surface area contributed by atoms with Gasteiger partial charge in [0.15, 0.2) is 0 Å². The topological polar surface area (TPSA) is 71.5 Å². The van der Waals surface area contributed by atoms with Gasteiger partial charge in [0.05, 0.1) is 18.1 Å². The van der Waals surface area contributed by atoms with Gasteiger partial charge in [-0.25, -0.2) is 4.79 Å². The SMILES string of the molecule is CC(C)(C)[Si](C)(C)Oc1cncc(NC(=O)O)c1. The van der Waals surface area contributed by atoms with Crippen molar-refractivity contribution in [2.24, 2.45) is 0 Å². The number of rotatable bonds is 3. The zero-order chi connectivity index (χ0) is 14.0. The summed E-state index contributed by atoms with van der Waals surface area (Å²) >= 11 is 0. The smallest absolute Gasteiger partial charge is 0.409 e. The van der Waals surface area contributed by atoms with Crippen molar-refractivity contribution in [3.05, 3.63) is 18.5 Å². The molecule has 0 fully saturated rings. The predicted molar refractivity (Wildman–Crippen MR) is 73.7 cm³/mol. The second-order valence-electron chi connectivity index (χ2n) is 5.70. The van der Waals surface area contributed by atoms with Crippen LogP contribution in [-0.2, 0) is 0 Å². The molecule has 1 aromatic rings. The number of anilines is 1. The van der Waals surface area contributed by atoms with Crippen molar-refractivity contribution in [1.82, 2.24) is 4.98 Å². The maximum absolute atomic E-state index is 10.6. The summed E-state index contributed by atoms with van der Waals surface area (Å²) < 4.78 is 6.03. The number of nitrogens with zero attached hydrogens (tertiary/aromatic N) is 1. The average Bonchev–Trinajstić information content (AvgIpc) is 2.14. The molecule has 0 aromatic carbocycles. The molecular weight excluding hydrogens is 248 g/mol. The van der Waals surface area contributed by atoms with Crippen LogP contribution in [0.5, 0.6) is 5.75 Å². The summed E-state index contributed by atoms with van der Waals surface area (Å²) in [5.41, 5.74) is 0.415. The quantitative estimate of drug-likeness (QED) is 0.822. The van der Waals surface area contributed by atoms with Crippen LogP contribution in [0.3, 0.4) is 0 Å². The zero-order valence-electron chi connectivity index (χ0n) is 11.4. The standard InChI is InChI=1S/C12H20N2O3Si/c1-12(2,3)18(4,5)17-10-6-9(7-13-8-10)14-11(15)16/h6-8,14H,1-5H3,(H,15,16). The predicted octanol–water partition coefficient (Wildman–Crippen LogP) is 3.56. The third kappa shape index (κ3) is 3.73. The van der Waals surface area contributed by atoms with E-state index in [1.807, 2.05) is 0 Å². The summed E-state index contributed by atoms with van der Waals surface area (Å²) in [6, 6.07) is 1.65. The van der Waals surface area contributed by atoms with Gasteiger partial charge >= 0.3 is 6.09 Å². The molecule has 0 saturated heterocycles. The van der Waals surface area contributed by atoms with Gasteiger partial charge in [0, 0.05) is 6.07 Å². The molecule has 6 heteroatoms. The van der Waals surface area contributed by atoms with Gasteiger partial charge in [-0.05, 0) is 18.1 Å². The lowest BCUT2D eigenvalue weighted by Crippen LogP contribution is -2.43. The molecule has 0 saturated carbocycles. The molecule has 0 aliphatic carbocycles. The molecule has 1 heterocycles. The highest BCUT2D eigenvalue weighted by Gasteiger charge is 2.39. The van der Waals surface area contributed by atoms with E-state index in [-0.39, 0.29) is 5.04 Å². The van der Waals surface area contributed by atoms with Crippen molar-refractivity contribution in [3.8, 4) is 5.75 Å². The molecule has 2 N–H and O–H groups in total. The molecule has 1 amide bonds. The highest BCUT2D eigenvalue weighted by atomic mass is 28.4. The first kappa shape index (κ1) is 14.5. The van der Waals surface area contributed by atoms with Crippen LogP contribution < -0.4 is 9.74 Å². The minimum absolute atomic E-state index is 0.0865. The van der Waals surface area contributed by atoms with E-state index in [9.17, 15) is 4.79 Å². The van der Waals surface area contributed by atoms with E-state index in [0.29, 0.717) is 11.4 Å². The third-order valence-electron chi connectivity index (χ3n) is 3.14. The Morgan fingerprint density at radius 2 is 2.00 bits per heavy atom. The molecule has 100 valence electrons. The Kier molecular flexibility index (Phi) is 4.01. The molecule has 0 spiro atoms.